The van der Waals surface area contributed by atoms with Crippen molar-refractivity contribution in [1.29, 1.82) is 0 Å². The van der Waals surface area contributed by atoms with Crippen LogP contribution < -0.4 is 4.90 Å². The first-order valence-electron chi connectivity index (χ1n) is 12.3. The molecule has 1 aromatic heterocycles. The summed E-state index contributed by atoms with van der Waals surface area (Å²) >= 11 is 0. The lowest BCUT2D eigenvalue weighted by molar-refractivity contribution is 0.614. The number of unbranched alkanes of at least 4 members (excludes halogenated alkanes) is 1. The van der Waals surface area contributed by atoms with Crippen LogP contribution in [0.25, 0.3) is 10.8 Å². The van der Waals surface area contributed by atoms with Crippen LogP contribution in [0, 0.1) is 0 Å². The molecule has 5 aromatic rings. The molecule has 1 aliphatic heterocycles. The highest BCUT2D eigenvalue weighted by atomic mass is 15.2. The Morgan fingerprint density at radius 2 is 1.46 bits per heavy atom. The van der Waals surface area contributed by atoms with Crippen molar-refractivity contribution in [1.82, 2.24) is 9.55 Å². The monoisotopic (exact) mass is 456 g/mol. The van der Waals surface area contributed by atoms with E-state index in [-0.39, 0.29) is 6.04 Å². The van der Waals surface area contributed by atoms with Gasteiger partial charge in [0.15, 0.2) is 0 Å². The molecule has 4 nitrogen and oxygen atoms in total. The third-order valence-electron chi connectivity index (χ3n) is 6.75. The molecule has 0 radical (unpaired) electrons. The fourth-order valence-electron chi connectivity index (χ4n) is 5.15. The lowest BCUT2D eigenvalue weighted by Crippen LogP contribution is -2.33. The number of nitrogens with zero attached hydrogens (tertiary/aromatic N) is 4. The van der Waals surface area contributed by atoms with Gasteiger partial charge in [-0.25, -0.2) is 4.98 Å². The Labute approximate surface area is 206 Å². The van der Waals surface area contributed by atoms with Crippen molar-refractivity contribution in [2.45, 2.75) is 25.4 Å². The minimum atomic E-state index is 0.0418. The Morgan fingerprint density at radius 3 is 2.14 bits per heavy atom. The predicted molar refractivity (Wildman–Crippen MR) is 144 cm³/mol. The van der Waals surface area contributed by atoms with Crippen molar-refractivity contribution in [3.8, 4) is 0 Å². The van der Waals surface area contributed by atoms with Crippen molar-refractivity contribution in [3.05, 3.63) is 132 Å². The van der Waals surface area contributed by atoms with Gasteiger partial charge in [0.2, 0.25) is 0 Å². The summed E-state index contributed by atoms with van der Waals surface area (Å²) in [7, 11) is 0. The predicted octanol–water partition coefficient (Wildman–Crippen LogP) is 6.87. The average Bonchev–Trinajstić information content (AvgIpc) is 3.54. The number of aromatic nitrogens is 2. The third kappa shape index (κ3) is 4.12. The second-order valence-corrected chi connectivity index (χ2v) is 8.99. The van der Waals surface area contributed by atoms with Crippen LogP contribution in [0.4, 0.5) is 5.69 Å². The lowest BCUT2D eigenvalue weighted by atomic mass is 9.96. The summed E-state index contributed by atoms with van der Waals surface area (Å²) in [4.78, 5) is 11.9. The summed E-state index contributed by atoms with van der Waals surface area (Å²) in [5.41, 5.74) is 4.98. The van der Waals surface area contributed by atoms with Crippen LogP contribution in [0.2, 0.25) is 0 Å². The molecule has 0 saturated heterocycles. The van der Waals surface area contributed by atoms with E-state index in [9.17, 15) is 0 Å². The van der Waals surface area contributed by atoms with Gasteiger partial charge in [-0.05, 0) is 35.4 Å². The molecule has 0 atom stereocenters. The highest BCUT2D eigenvalue weighted by molar-refractivity contribution is 6.27. The molecule has 172 valence electrons. The number of benzene rings is 4. The van der Waals surface area contributed by atoms with E-state index < -0.39 is 0 Å². The summed E-state index contributed by atoms with van der Waals surface area (Å²) in [6, 6.07) is 34.8. The summed E-state index contributed by atoms with van der Waals surface area (Å²) in [6.45, 7) is 1.77. The largest absolute Gasteiger partial charge is 0.337 e. The van der Waals surface area contributed by atoms with Gasteiger partial charge in [0, 0.05) is 36.4 Å². The minimum Gasteiger partial charge on any atom is -0.337 e. The SMILES string of the molecule is c1ccc(C(c2ccccc2)N2C(=NCCCCn3ccnc3)c3cccc4cccc2c34)cc1. The van der Waals surface area contributed by atoms with E-state index in [1.807, 2.05) is 18.7 Å². The minimum absolute atomic E-state index is 0.0418. The van der Waals surface area contributed by atoms with Crippen molar-refractivity contribution in [2.75, 3.05) is 11.4 Å². The van der Waals surface area contributed by atoms with Gasteiger partial charge in [-0.15, -0.1) is 0 Å². The molecule has 0 bridgehead atoms. The fraction of sp³-hybridized carbons (Fsp3) is 0.161. The number of amidine groups is 1. The topological polar surface area (TPSA) is 33.4 Å². The first kappa shape index (κ1) is 21.4. The highest BCUT2D eigenvalue weighted by Crippen LogP contribution is 2.44. The number of rotatable bonds is 8. The van der Waals surface area contributed by atoms with Crippen LogP contribution in [0.5, 0.6) is 0 Å². The standard InChI is InChI=1S/C31H28N4/c1-3-11-25(12-4-1)30(26-13-5-2-6-14-26)35-28-18-10-16-24-15-9-17-27(29(24)28)31(35)33-19-7-8-21-34-22-20-32-23-34/h1-6,9-18,20,22-23,30H,7-8,19,21H2. The normalized spacial score (nSPS) is 13.9. The van der Waals surface area contributed by atoms with Crippen LogP contribution >= 0.6 is 0 Å². The van der Waals surface area contributed by atoms with Crippen LogP contribution in [0.1, 0.15) is 35.6 Å². The maximum Gasteiger partial charge on any atom is 0.136 e. The molecule has 2 heterocycles. The highest BCUT2D eigenvalue weighted by Gasteiger charge is 2.34. The zero-order valence-electron chi connectivity index (χ0n) is 19.7. The van der Waals surface area contributed by atoms with E-state index in [0.717, 1.165) is 31.8 Å². The lowest BCUT2D eigenvalue weighted by Gasteiger charge is -2.32. The fourth-order valence-corrected chi connectivity index (χ4v) is 5.15. The van der Waals surface area contributed by atoms with Gasteiger partial charge in [-0.2, -0.15) is 0 Å². The van der Waals surface area contributed by atoms with Gasteiger partial charge in [0.1, 0.15) is 5.84 Å². The van der Waals surface area contributed by atoms with Gasteiger partial charge in [-0.1, -0.05) is 91.0 Å². The Balaban J connectivity index is 1.41. The first-order valence-corrected chi connectivity index (χ1v) is 12.3. The van der Waals surface area contributed by atoms with E-state index in [1.165, 1.54) is 33.2 Å². The zero-order valence-corrected chi connectivity index (χ0v) is 19.7. The second-order valence-electron chi connectivity index (χ2n) is 8.99. The Hall–Kier alpha value is -4.18. The second kappa shape index (κ2) is 9.59. The van der Waals surface area contributed by atoms with E-state index in [2.05, 4.69) is 112 Å². The van der Waals surface area contributed by atoms with Gasteiger partial charge < -0.3 is 9.47 Å². The molecule has 0 unspecified atom stereocenters. The van der Waals surface area contributed by atoms with Crippen LogP contribution in [-0.2, 0) is 6.54 Å². The van der Waals surface area contributed by atoms with Gasteiger partial charge in [0.05, 0.1) is 18.1 Å². The molecule has 35 heavy (non-hydrogen) atoms. The van der Waals surface area contributed by atoms with Crippen molar-refractivity contribution >= 4 is 22.3 Å². The summed E-state index contributed by atoms with van der Waals surface area (Å²) in [5.74, 6) is 1.07. The molecular formula is C31H28N4. The molecule has 0 N–H and O–H groups in total. The van der Waals surface area contributed by atoms with Gasteiger partial charge >= 0.3 is 0 Å². The zero-order chi connectivity index (χ0) is 23.5. The van der Waals surface area contributed by atoms with Gasteiger partial charge in [0.25, 0.3) is 0 Å². The number of aliphatic imine (C=N–C) groups is 1. The molecule has 0 fully saturated rings. The molecule has 4 aromatic carbocycles. The van der Waals surface area contributed by atoms with Gasteiger partial charge in [-0.3, -0.25) is 4.99 Å². The third-order valence-corrected chi connectivity index (χ3v) is 6.75. The quantitative estimate of drug-likeness (QED) is 0.239. The van der Waals surface area contributed by atoms with Crippen molar-refractivity contribution in [2.24, 2.45) is 4.99 Å². The molecule has 4 heteroatoms. The Bertz CT molecular complexity index is 1400. The summed E-state index contributed by atoms with van der Waals surface area (Å²) in [5, 5.41) is 2.55. The molecule has 1 aliphatic rings. The smallest absolute Gasteiger partial charge is 0.136 e. The van der Waals surface area contributed by atoms with Crippen LogP contribution in [0.15, 0.2) is 121 Å². The summed E-state index contributed by atoms with van der Waals surface area (Å²) in [6.07, 6.45) is 7.84. The number of aryl methyl sites for hydroxylation is 1. The molecular weight excluding hydrogens is 428 g/mol. The molecule has 0 amide bonds. The van der Waals surface area contributed by atoms with Crippen LogP contribution in [0.3, 0.4) is 0 Å². The van der Waals surface area contributed by atoms with Crippen molar-refractivity contribution < 1.29 is 0 Å². The first-order chi connectivity index (χ1) is 17.4. The number of anilines is 1. The van der Waals surface area contributed by atoms with Crippen molar-refractivity contribution in [3.63, 3.8) is 0 Å². The van der Waals surface area contributed by atoms with E-state index in [0.29, 0.717) is 0 Å². The summed E-state index contributed by atoms with van der Waals surface area (Å²) < 4.78 is 2.13. The number of hydrogen-bond acceptors (Lipinski definition) is 2. The molecule has 0 aliphatic carbocycles. The maximum absolute atomic E-state index is 5.25. The van der Waals surface area contributed by atoms with E-state index >= 15 is 0 Å². The van der Waals surface area contributed by atoms with E-state index in [4.69, 9.17) is 4.99 Å². The van der Waals surface area contributed by atoms with E-state index in [1.54, 1.807) is 0 Å². The Morgan fingerprint density at radius 1 is 0.743 bits per heavy atom. The molecule has 0 spiro atoms. The number of imidazole rings is 1. The molecule has 0 saturated carbocycles. The average molecular weight is 457 g/mol. The van der Waals surface area contributed by atoms with Crippen LogP contribution in [-0.4, -0.2) is 21.9 Å². The number of hydrogen-bond donors (Lipinski definition) is 0. The Kier molecular flexibility index (Phi) is 5.85. The molecule has 6 rings (SSSR count). The maximum atomic E-state index is 5.25.